The number of rotatable bonds is 4. The largest absolute Gasteiger partial charge is 0.497 e. The molecule has 2 heterocycles. The van der Waals surface area contributed by atoms with Gasteiger partial charge >= 0.3 is 5.69 Å². The van der Waals surface area contributed by atoms with Gasteiger partial charge in [0.2, 0.25) is 5.91 Å². The maximum Gasteiger partial charge on any atom is 0.351 e. The predicted molar refractivity (Wildman–Crippen MR) is 102 cm³/mol. The average Bonchev–Trinajstić information content (AvgIpc) is 3.20. The zero-order valence-electron chi connectivity index (χ0n) is 14.2. The summed E-state index contributed by atoms with van der Waals surface area (Å²) in [6.07, 6.45) is 3.02. The number of hydrogen-bond donors (Lipinski definition) is 2. The molecule has 8 heteroatoms. The smallest absolute Gasteiger partial charge is 0.351 e. The third kappa shape index (κ3) is 2.82. The fourth-order valence-corrected chi connectivity index (χ4v) is 4.70. The summed E-state index contributed by atoms with van der Waals surface area (Å²) in [6.45, 7) is -0.103. The van der Waals surface area contributed by atoms with Crippen molar-refractivity contribution >= 4 is 39.0 Å². The van der Waals surface area contributed by atoms with E-state index in [1.807, 2.05) is 0 Å². The quantitative estimate of drug-likeness (QED) is 0.733. The highest BCUT2D eigenvalue weighted by Gasteiger charge is 2.23. The van der Waals surface area contributed by atoms with Gasteiger partial charge in [0.1, 0.15) is 22.9 Å². The number of amides is 1. The Morgan fingerprint density at radius 3 is 2.85 bits per heavy atom. The van der Waals surface area contributed by atoms with Crippen molar-refractivity contribution in [2.24, 2.45) is 0 Å². The van der Waals surface area contributed by atoms with Crippen LogP contribution in [0.25, 0.3) is 10.2 Å². The molecule has 0 bridgehead atoms. The van der Waals surface area contributed by atoms with Gasteiger partial charge in [-0.1, -0.05) is 0 Å². The highest BCUT2D eigenvalue weighted by molar-refractivity contribution is 7.19. The van der Waals surface area contributed by atoms with E-state index < -0.39 is 5.69 Å². The molecule has 4 rings (SSSR count). The van der Waals surface area contributed by atoms with Crippen molar-refractivity contribution in [3.05, 3.63) is 45.2 Å². The Morgan fingerprint density at radius 2 is 2.12 bits per heavy atom. The first kappa shape index (κ1) is 16.6. The number of nitrogen functional groups attached to an aromatic ring is 1. The number of aromatic nitrogens is 2. The third-order valence-corrected chi connectivity index (χ3v) is 5.84. The Balaban J connectivity index is 1.64. The molecule has 0 spiro atoms. The van der Waals surface area contributed by atoms with Crippen molar-refractivity contribution in [3.8, 4) is 5.75 Å². The lowest BCUT2D eigenvalue weighted by Gasteiger charge is -2.10. The maximum absolute atomic E-state index is 12.4. The molecule has 0 saturated heterocycles. The van der Waals surface area contributed by atoms with Crippen LogP contribution in [-0.4, -0.2) is 22.6 Å². The molecule has 1 aliphatic rings. The molecule has 0 atom stereocenters. The number of hydrogen-bond acceptors (Lipinski definition) is 6. The van der Waals surface area contributed by atoms with Crippen LogP contribution in [0, 0.1) is 0 Å². The number of anilines is 2. The number of nitrogens with two attached hydrogens (primary N) is 1. The number of benzene rings is 1. The second-order valence-electron chi connectivity index (χ2n) is 6.18. The molecule has 134 valence electrons. The van der Waals surface area contributed by atoms with E-state index in [0.29, 0.717) is 11.4 Å². The number of aryl methyl sites for hydroxylation is 2. The van der Waals surface area contributed by atoms with Crippen LogP contribution in [0.5, 0.6) is 5.75 Å². The van der Waals surface area contributed by atoms with Crippen molar-refractivity contribution in [2.45, 2.75) is 25.8 Å². The zero-order valence-corrected chi connectivity index (χ0v) is 15.1. The van der Waals surface area contributed by atoms with Gasteiger partial charge in [-0.3, -0.25) is 9.36 Å². The number of nitrogens with zero attached hydrogens (tertiary/aromatic N) is 2. The number of ether oxygens (including phenoxy) is 1. The van der Waals surface area contributed by atoms with Gasteiger partial charge < -0.3 is 15.8 Å². The van der Waals surface area contributed by atoms with E-state index in [1.54, 1.807) is 42.7 Å². The molecule has 0 radical (unpaired) electrons. The molecule has 3 N–H and O–H groups in total. The molecule has 0 aliphatic heterocycles. The molecule has 0 fully saturated rings. The summed E-state index contributed by atoms with van der Waals surface area (Å²) in [6, 6.07) is 7.01. The van der Waals surface area contributed by atoms with Crippen molar-refractivity contribution < 1.29 is 9.53 Å². The molecule has 3 aromatic rings. The number of carbonyl (C=O) groups is 1. The van der Waals surface area contributed by atoms with Gasteiger partial charge in [-0.2, -0.15) is 4.98 Å². The van der Waals surface area contributed by atoms with Gasteiger partial charge in [0.25, 0.3) is 0 Å². The first-order valence-electron chi connectivity index (χ1n) is 8.31. The monoisotopic (exact) mass is 370 g/mol. The molecular weight excluding hydrogens is 352 g/mol. The zero-order chi connectivity index (χ0) is 18.3. The SMILES string of the molecule is COc1ccc(NC(=O)Cn2c(=O)nc(N)c3c4c(sc32)CCC4)cc1. The van der Waals surface area contributed by atoms with E-state index in [2.05, 4.69) is 10.3 Å². The van der Waals surface area contributed by atoms with Crippen LogP contribution < -0.4 is 21.5 Å². The third-order valence-electron chi connectivity index (χ3n) is 4.53. The minimum Gasteiger partial charge on any atom is -0.497 e. The summed E-state index contributed by atoms with van der Waals surface area (Å²) in [7, 11) is 1.58. The van der Waals surface area contributed by atoms with E-state index in [0.717, 1.165) is 29.5 Å². The van der Waals surface area contributed by atoms with Crippen LogP contribution in [0.2, 0.25) is 0 Å². The molecule has 26 heavy (non-hydrogen) atoms. The molecule has 1 aliphatic carbocycles. The van der Waals surface area contributed by atoms with Crippen molar-refractivity contribution in [3.63, 3.8) is 0 Å². The first-order valence-corrected chi connectivity index (χ1v) is 9.13. The summed E-state index contributed by atoms with van der Waals surface area (Å²) in [5.41, 5.74) is 7.31. The van der Waals surface area contributed by atoms with E-state index in [9.17, 15) is 9.59 Å². The number of fused-ring (bicyclic) bond motifs is 3. The second kappa shape index (κ2) is 6.45. The number of carbonyl (C=O) groups excluding carboxylic acids is 1. The fraction of sp³-hybridized carbons (Fsp3) is 0.278. The van der Waals surface area contributed by atoms with Crippen LogP contribution in [0.15, 0.2) is 29.1 Å². The maximum atomic E-state index is 12.4. The Morgan fingerprint density at radius 1 is 1.35 bits per heavy atom. The van der Waals surface area contributed by atoms with Crippen molar-refractivity contribution in [1.82, 2.24) is 9.55 Å². The lowest BCUT2D eigenvalue weighted by Crippen LogP contribution is -2.29. The van der Waals surface area contributed by atoms with Gasteiger partial charge in [0.15, 0.2) is 0 Å². The van der Waals surface area contributed by atoms with Gasteiger partial charge in [0.05, 0.1) is 12.5 Å². The van der Waals surface area contributed by atoms with Crippen LogP contribution in [0.4, 0.5) is 11.5 Å². The lowest BCUT2D eigenvalue weighted by atomic mass is 10.2. The Kier molecular flexibility index (Phi) is 4.12. The molecule has 0 saturated carbocycles. The van der Waals surface area contributed by atoms with Crippen LogP contribution >= 0.6 is 11.3 Å². The van der Waals surface area contributed by atoms with E-state index >= 15 is 0 Å². The van der Waals surface area contributed by atoms with Gasteiger partial charge in [-0.05, 0) is 49.1 Å². The van der Waals surface area contributed by atoms with Gasteiger partial charge in [-0.25, -0.2) is 4.79 Å². The normalized spacial score (nSPS) is 13.0. The van der Waals surface area contributed by atoms with Gasteiger partial charge in [-0.15, -0.1) is 11.3 Å². The fourth-order valence-electron chi connectivity index (χ4n) is 3.31. The minimum atomic E-state index is -0.500. The molecule has 1 amide bonds. The standard InChI is InChI=1S/C18H18N4O3S/c1-25-11-7-5-10(6-8-11)20-14(23)9-22-17-15(16(19)21-18(22)24)12-3-2-4-13(12)26-17/h5-8H,2-4,9H2,1H3,(H,20,23)(H2,19,21,24). The van der Waals surface area contributed by atoms with Crippen molar-refractivity contribution in [2.75, 3.05) is 18.2 Å². The number of thiophene rings is 1. The van der Waals surface area contributed by atoms with E-state index in [4.69, 9.17) is 10.5 Å². The van der Waals surface area contributed by atoms with Crippen LogP contribution in [0.1, 0.15) is 16.9 Å². The van der Waals surface area contributed by atoms with E-state index in [-0.39, 0.29) is 18.3 Å². The summed E-state index contributed by atoms with van der Waals surface area (Å²) < 4.78 is 6.51. The van der Waals surface area contributed by atoms with E-state index in [1.165, 1.54) is 15.0 Å². The van der Waals surface area contributed by atoms with Crippen molar-refractivity contribution in [1.29, 1.82) is 0 Å². The molecule has 1 aromatic carbocycles. The van der Waals surface area contributed by atoms with Crippen LogP contribution in [0.3, 0.4) is 0 Å². The highest BCUT2D eigenvalue weighted by atomic mass is 32.1. The second-order valence-corrected chi connectivity index (χ2v) is 7.26. The van der Waals surface area contributed by atoms with Crippen LogP contribution in [-0.2, 0) is 24.2 Å². The summed E-state index contributed by atoms with van der Waals surface area (Å²) >= 11 is 1.54. The topological polar surface area (TPSA) is 99.2 Å². The Hall–Kier alpha value is -2.87. The number of nitrogens with one attached hydrogen (secondary N) is 1. The van der Waals surface area contributed by atoms with Gasteiger partial charge in [0, 0.05) is 10.6 Å². The molecule has 2 aromatic heterocycles. The molecule has 7 nitrogen and oxygen atoms in total. The molecular formula is C18H18N4O3S. The minimum absolute atomic E-state index is 0.103. The Bertz CT molecular complexity index is 1050. The lowest BCUT2D eigenvalue weighted by molar-refractivity contribution is -0.116. The summed E-state index contributed by atoms with van der Waals surface area (Å²) in [5, 5.41) is 3.62. The summed E-state index contributed by atoms with van der Waals surface area (Å²) in [4.78, 5) is 30.7. The first-order chi connectivity index (χ1) is 12.6. The molecule has 0 unspecified atom stereocenters. The Labute approximate surface area is 153 Å². The average molecular weight is 370 g/mol. The highest BCUT2D eigenvalue weighted by Crippen LogP contribution is 2.38. The predicted octanol–water partition coefficient (Wildman–Crippen LogP) is 2.18. The number of methoxy groups -OCH3 is 1. The summed E-state index contributed by atoms with van der Waals surface area (Å²) in [5.74, 6) is 0.673.